The van der Waals surface area contributed by atoms with E-state index in [2.05, 4.69) is 15.9 Å². The van der Waals surface area contributed by atoms with Gasteiger partial charge in [0.05, 0.1) is 11.8 Å². The molecule has 2 heterocycles. The molecule has 0 spiro atoms. The second kappa shape index (κ2) is 3.42. The van der Waals surface area contributed by atoms with E-state index < -0.39 is 0 Å². The molecule has 2 nitrogen and oxygen atoms in total. The molecule has 0 aromatic carbocycles. The van der Waals surface area contributed by atoms with Crippen molar-refractivity contribution >= 4 is 33.6 Å². The molecule has 0 saturated carbocycles. The van der Waals surface area contributed by atoms with Crippen LogP contribution in [0.3, 0.4) is 0 Å². The molecule has 12 heavy (non-hydrogen) atoms. The van der Waals surface area contributed by atoms with Crippen molar-refractivity contribution in [3.8, 4) is 0 Å². The van der Waals surface area contributed by atoms with E-state index in [0.717, 1.165) is 23.9 Å². The summed E-state index contributed by atoms with van der Waals surface area (Å²) in [5.41, 5.74) is 1.38. The molecule has 66 valence electrons. The molecule has 1 atom stereocenters. The van der Waals surface area contributed by atoms with Crippen LogP contribution in [0.4, 0.5) is 0 Å². The van der Waals surface area contributed by atoms with Crippen molar-refractivity contribution < 1.29 is 4.79 Å². The second-order valence-electron chi connectivity index (χ2n) is 3.00. The Hall–Kier alpha value is 0.0400. The van der Waals surface area contributed by atoms with Crippen LogP contribution in [-0.2, 0) is 4.79 Å². The number of halogens is 1. The highest BCUT2D eigenvalue weighted by molar-refractivity contribution is 9.09. The zero-order valence-corrected chi connectivity index (χ0v) is 9.03. The Labute approximate surface area is 84.5 Å². The maximum atomic E-state index is 11.1. The molecule has 2 aliphatic rings. The predicted octanol–water partition coefficient (Wildman–Crippen LogP) is 1.96. The first kappa shape index (κ1) is 8.63. The molecule has 2 aliphatic heterocycles. The molecular formula is C8H10BrNOS. The summed E-state index contributed by atoms with van der Waals surface area (Å²) in [4.78, 5) is 12.9. The van der Waals surface area contributed by atoms with E-state index in [-0.39, 0.29) is 5.91 Å². The fourth-order valence-corrected chi connectivity index (χ4v) is 3.13. The van der Waals surface area contributed by atoms with Crippen LogP contribution in [-0.4, -0.2) is 27.3 Å². The van der Waals surface area contributed by atoms with Gasteiger partial charge < -0.3 is 4.90 Å². The molecule has 2 rings (SSSR count). The highest BCUT2D eigenvalue weighted by Gasteiger charge is 2.37. The smallest absolute Gasteiger partial charge is 0.230 e. The highest BCUT2D eigenvalue weighted by Crippen LogP contribution is 2.36. The monoisotopic (exact) mass is 247 g/mol. The van der Waals surface area contributed by atoms with Gasteiger partial charge in [-0.2, -0.15) is 0 Å². The van der Waals surface area contributed by atoms with Crippen LogP contribution < -0.4 is 0 Å². The minimum atomic E-state index is 0.277. The normalized spacial score (nSPS) is 27.8. The molecule has 0 N–H and O–H groups in total. The van der Waals surface area contributed by atoms with E-state index in [1.807, 2.05) is 22.9 Å². The molecule has 0 bridgehead atoms. The number of carbonyl (C=O) groups is 1. The Morgan fingerprint density at radius 2 is 2.58 bits per heavy atom. The average Bonchev–Trinajstić information content (AvgIpc) is 2.07. The van der Waals surface area contributed by atoms with Crippen molar-refractivity contribution in [1.82, 2.24) is 4.90 Å². The van der Waals surface area contributed by atoms with E-state index in [9.17, 15) is 4.79 Å². The molecule has 1 fully saturated rings. The van der Waals surface area contributed by atoms with Crippen LogP contribution in [0.1, 0.15) is 12.8 Å². The minimum absolute atomic E-state index is 0.277. The van der Waals surface area contributed by atoms with Gasteiger partial charge >= 0.3 is 0 Å². The van der Waals surface area contributed by atoms with Crippen LogP contribution in [0.15, 0.2) is 11.8 Å². The van der Waals surface area contributed by atoms with Crippen molar-refractivity contribution in [2.45, 2.75) is 18.2 Å². The summed E-state index contributed by atoms with van der Waals surface area (Å²) in [6.07, 6.45) is 3.83. The first-order valence-electron chi connectivity index (χ1n) is 3.99. The average molecular weight is 248 g/mol. The Bertz CT molecular complexity index is 241. The van der Waals surface area contributed by atoms with Gasteiger partial charge in [0.1, 0.15) is 0 Å². The van der Waals surface area contributed by atoms with Crippen LogP contribution in [0.2, 0.25) is 0 Å². The van der Waals surface area contributed by atoms with E-state index in [1.165, 1.54) is 5.57 Å². The Morgan fingerprint density at radius 1 is 1.75 bits per heavy atom. The fraction of sp³-hybridized carbons (Fsp3) is 0.625. The van der Waals surface area contributed by atoms with Crippen molar-refractivity contribution in [2.24, 2.45) is 0 Å². The molecule has 0 radical (unpaired) electrons. The maximum absolute atomic E-state index is 11.1. The summed E-state index contributed by atoms with van der Waals surface area (Å²) < 4.78 is 0. The van der Waals surface area contributed by atoms with Crippen LogP contribution in [0, 0.1) is 0 Å². The molecule has 1 amide bonds. The predicted molar refractivity (Wildman–Crippen MR) is 54.2 cm³/mol. The molecule has 0 aromatic rings. The Kier molecular flexibility index (Phi) is 2.46. The lowest BCUT2D eigenvalue weighted by molar-refractivity contribution is -0.137. The summed E-state index contributed by atoms with van der Waals surface area (Å²) in [5, 5.41) is 1.45. The molecule has 0 unspecified atom stereocenters. The van der Waals surface area contributed by atoms with Crippen molar-refractivity contribution in [1.29, 1.82) is 0 Å². The SMILES string of the molecule is O=C1C[C@H]2SCC(CCBr)=CN12. The molecular weight excluding hydrogens is 238 g/mol. The van der Waals surface area contributed by atoms with Gasteiger partial charge in [0, 0.05) is 17.3 Å². The van der Waals surface area contributed by atoms with E-state index in [0.29, 0.717) is 5.37 Å². The topological polar surface area (TPSA) is 20.3 Å². The molecule has 0 aliphatic carbocycles. The molecule has 0 aromatic heterocycles. The summed E-state index contributed by atoms with van der Waals surface area (Å²) >= 11 is 5.28. The Morgan fingerprint density at radius 3 is 3.25 bits per heavy atom. The molecule has 4 heteroatoms. The van der Waals surface area contributed by atoms with Gasteiger partial charge in [-0.3, -0.25) is 4.79 Å². The van der Waals surface area contributed by atoms with Gasteiger partial charge in [-0.05, 0) is 12.0 Å². The lowest BCUT2D eigenvalue weighted by Crippen LogP contribution is -2.49. The lowest BCUT2D eigenvalue weighted by Gasteiger charge is -2.41. The largest absolute Gasteiger partial charge is 0.306 e. The number of hydrogen-bond donors (Lipinski definition) is 0. The van der Waals surface area contributed by atoms with Crippen LogP contribution in [0.25, 0.3) is 0 Å². The maximum Gasteiger partial charge on any atom is 0.230 e. The number of nitrogens with zero attached hydrogens (tertiary/aromatic N) is 1. The number of β-lactam (4-membered cyclic amide) rings is 1. The van der Waals surface area contributed by atoms with Crippen molar-refractivity contribution in [3.63, 3.8) is 0 Å². The fourth-order valence-electron chi connectivity index (χ4n) is 1.39. The minimum Gasteiger partial charge on any atom is -0.306 e. The van der Waals surface area contributed by atoms with Crippen molar-refractivity contribution in [2.75, 3.05) is 11.1 Å². The quantitative estimate of drug-likeness (QED) is 0.550. The van der Waals surface area contributed by atoms with E-state index >= 15 is 0 Å². The van der Waals surface area contributed by atoms with Crippen molar-refractivity contribution in [3.05, 3.63) is 11.8 Å². The van der Waals surface area contributed by atoms with Crippen LogP contribution in [0.5, 0.6) is 0 Å². The Balaban J connectivity index is 2.03. The standard InChI is InChI=1S/C8H10BrNOS/c9-2-1-6-4-10-7(11)3-8(10)12-5-6/h4,8H,1-3,5H2/t8-/m1/s1. The number of rotatable bonds is 2. The van der Waals surface area contributed by atoms with Gasteiger partial charge in [0.2, 0.25) is 5.91 Å². The number of alkyl halides is 1. The number of carbonyl (C=O) groups excluding carboxylic acids is 1. The van der Waals surface area contributed by atoms with E-state index in [4.69, 9.17) is 0 Å². The van der Waals surface area contributed by atoms with E-state index in [1.54, 1.807) is 0 Å². The van der Waals surface area contributed by atoms with Gasteiger partial charge in [0.15, 0.2) is 0 Å². The third-order valence-electron chi connectivity index (χ3n) is 2.15. The summed E-state index contributed by atoms with van der Waals surface area (Å²) in [5.74, 6) is 1.37. The second-order valence-corrected chi connectivity index (χ2v) is 4.96. The summed E-state index contributed by atoms with van der Waals surface area (Å²) in [7, 11) is 0. The lowest BCUT2D eigenvalue weighted by atomic mass is 10.1. The summed E-state index contributed by atoms with van der Waals surface area (Å²) in [6.45, 7) is 0. The first-order chi connectivity index (χ1) is 5.81. The van der Waals surface area contributed by atoms with Gasteiger partial charge in [-0.1, -0.05) is 15.9 Å². The number of fused-ring (bicyclic) bond motifs is 1. The number of hydrogen-bond acceptors (Lipinski definition) is 2. The third-order valence-corrected chi connectivity index (χ3v) is 3.86. The van der Waals surface area contributed by atoms with Gasteiger partial charge in [-0.25, -0.2) is 0 Å². The third kappa shape index (κ3) is 1.42. The van der Waals surface area contributed by atoms with Gasteiger partial charge in [-0.15, -0.1) is 11.8 Å². The number of thioether (sulfide) groups is 1. The zero-order chi connectivity index (χ0) is 8.55. The zero-order valence-electron chi connectivity index (χ0n) is 6.62. The van der Waals surface area contributed by atoms with Gasteiger partial charge in [0.25, 0.3) is 0 Å². The summed E-state index contributed by atoms with van der Waals surface area (Å²) in [6, 6.07) is 0. The highest BCUT2D eigenvalue weighted by atomic mass is 79.9. The first-order valence-corrected chi connectivity index (χ1v) is 6.16. The van der Waals surface area contributed by atoms with Crippen LogP contribution >= 0.6 is 27.7 Å². The molecule has 1 saturated heterocycles. The number of amides is 1.